The molecule has 0 atom stereocenters. The van der Waals surface area contributed by atoms with Crippen LogP contribution in [0.3, 0.4) is 0 Å². The van der Waals surface area contributed by atoms with E-state index in [2.05, 4.69) is 51.1 Å². The van der Waals surface area contributed by atoms with Crippen LogP contribution in [0, 0.1) is 20.8 Å². The molecule has 2 aromatic rings. The SMILES string of the molecule is COc1c(C)cc(C)c(Sc2ccccc2)c1C. The van der Waals surface area contributed by atoms with Gasteiger partial charge in [-0.05, 0) is 44.0 Å². The van der Waals surface area contributed by atoms with Crippen molar-refractivity contribution in [2.45, 2.75) is 30.6 Å². The predicted octanol–water partition coefficient (Wildman–Crippen LogP) is 4.77. The number of hydrogen-bond acceptors (Lipinski definition) is 2. The van der Waals surface area contributed by atoms with Crippen LogP contribution in [-0.4, -0.2) is 7.11 Å². The Hall–Kier alpha value is -1.41. The number of aryl methyl sites for hydroxylation is 2. The minimum absolute atomic E-state index is 0.999. The van der Waals surface area contributed by atoms with Gasteiger partial charge in [0.15, 0.2) is 0 Å². The molecule has 0 heterocycles. The van der Waals surface area contributed by atoms with E-state index in [-0.39, 0.29) is 0 Å². The lowest BCUT2D eigenvalue weighted by molar-refractivity contribution is 0.407. The van der Waals surface area contributed by atoms with Gasteiger partial charge in [0, 0.05) is 15.4 Å². The third-order valence-electron chi connectivity index (χ3n) is 3.00. The zero-order valence-electron chi connectivity index (χ0n) is 11.3. The van der Waals surface area contributed by atoms with E-state index in [1.54, 1.807) is 18.9 Å². The lowest BCUT2D eigenvalue weighted by Gasteiger charge is -2.15. The maximum absolute atomic E-state index is 5.50. The molecule has 0 spiro atoms. The molecule has 0 unspecified atom stereocenters. The van der Waals surface area contributed by atoms with E-state index in [1.807, 2.05) is 6.07 Å². The normalized spacial score (nSPS) is 10.4. The van der Waals surface area contributed by atoms with Gasteiger partial charge in [-0.2, -0.15) is 0 Å². The summed E-state index contributed by atoms with van der Waals surface area (Å²) < 4.78 is 5.50. The van der Waals surface area contributed by atoms with Crippen LogP contribution >= 0.6 is 11.8 Å². The molecule has 0 aromatic heterocycles. The van der Waals surface area contributed by atoms with E-state index in [0.717, 1.165) is 5.75 Å². The number of methoxy groups -OCH3 is 1. The van der Waals surface area contributed by atoms with Crippen molar-refractivity contribution in [3.63, 3.8) is 0 Å². The molecule has 18 heavy (non-hydrogen) atoms. The molecule has 94 valence electrons. The zero-order valence-corrected chi connectivity index (χ0v) is 12.1. The predicted molar refractivity (Wildman–Crippen MR) is 77.8 cm³/mol. The second kappa shape index (κ2) is 5.49. The quantitative estimate of drug-likeness (QED) is 0.784. The number of rotatable bonds is 3. The molecule has 0 bridgehead atoms. The molecule has 0 saturated carbocycles. The Morgan fingerprint density at radius 2 is 1.61 bits per heavy atom. The van der Waals surface area contributed by atoms with Gasteiger partial charge in [-0.1, -0.05) is 36.0 Å². The summed E-state index contributed by atoms with van der Waals surface area (Å²) in [5.41, 5.74) is 3.73. The zero-order chi connectivity index (χ0) is 13.1. The third-order valence-corrected chi connectivity index (χ3v) is 4.34. The maximum Gasteiger partial charge on any atom is 0.125 e. The highest BCUT2D eigenvalue weighted by atomic mass is 32.2. The minimum atomic E-state index is 0.999. The highest BCUT2D eigenvalue weighted by Gasteiger charge is 2.12. The first-order valence-electron chi connectivity index (χ1n) is 6.01. The van der Waals surface area contributed by atoms with Crippen LogP contribution in [0.2, 0.25) is 0 Å². The van der Waals surface area contributed by atoms with Crippen LogP contribution in [0.5, 0.6) is 5.75 Å². The van der Waals surface area contributed by atoms with E-state index < -0.39 is 0 Å². The molecule has 0 N–H and O–H groups in total. The Labute approximate surface area is 113 Å². The van der Waals surface area contributed by atoms with Crippen molar-refractivity contribution in [1.82, 2.24) is 0 Å². The summed E-state index contributed by atoms with van der Waals surface area (Å²) in [6, 6.07) is 12.6. The summed E-state index contributed by atoms with van der Waals surface area (Å²) in [6.45, 7) is 6.38. The lowest BCUT2D eigenvalue weighted by Crippen LogP contribution is -1.95. The largest absolute Gasteiger partial charge is 0.496 e. The standard InChI is InChI=1S/C16H18OS/c1-11-10-12(2)16(13(3)15(11)17-4)18-14-8-6-5-7-9-14/h5-10H,1-4H3. The van der Waals surface area contributed by atoms with Crippen LogP contribution in [0.15, 0.2) is 46.2 Å². The first-order chi connectivity index (χ1) is 8.63. The number of benzene rings is 2. The van der Waals surface area contributed by atoms with Gasteiger partial charge in [-0.25, -0.2) is 0 Å². The summed E-state index contributed by atoms with van der Waals surface area (Å²) in [7, 11) is 1.74. The molecular weight excluding hydrogens is 240 g/mol. The Balaban J connectivity index is 2.45. The van der Waals surface area contributed by atoms with Crippen molar-refractivity contribution < 1.29 is 4.74 Å². The van der Waals surface area contributed by atoms with Gasteiger partial charge in [0.1, 0.15) is 5.75 Å². The van der Waals surface area contributed by atoms with Crippen molar-refractivity contribution in [1.29, 1.82) is 0 Å². The smallest absolute Gasteiger partial charge is 0.125 e. The van der Waals surface area contributed by atoms with E-state index in [0.29, 0.717) is 0 Å². The number of hydrogen-bond donors (Lipinski definition) is 0. The van der Waals surface area contributed by atoms with Crippen LogP contribution < -0.4 is 4.74 Å². The van der Waals surface area contributed by atoms with Crippen molar-refractivity contribution in [3.8, 4) is 5.75 Å². The number of ether oxygens (including phenoxy) is 1. The van der Waals surface area contributed by atoms with E-state index in [1.165, 1.54) is 26.5 Å². The fraction of sp³-hybridized carbons (Fsp3) is 0.250. The minimum Gasteiger partial charge on any atom is -0.496 e. The van der Waals surface area contributed by atoms with Crippen molar-refractivity contribution in [3.05, 3.63) is 53.1 Å². The van der Waals surface area contributed by atoms with Crippen LogP contribution in [0.25, 0.3) is 0 Å². The molecule has 1 nitrogen and oxygen atoms in total. The highest BCUT2D eigenvalue weighted by molar-refractivity contribution is 7.99. The second-order valence-electron chi connectivity index (χ2n) is 4.41. The van der Waals surface area contributed by atoms with Crippen LogP contribution in [0.4, 0.5) is 0 Å². The first-order valence-corrected chi connectivity index (χ1v) is 6.83. The van der Waals surface area contributed by atoms with Gasteiger partial charge >= 0.3 is 0 Å². The summed E-state index contributed by atoms with van der Waals surface area (Å²) in [5, 5.41) is 0. The second-order valence-corrected chi connectivity index (χ2v) is 5.50. The van der Waals surface area contributed by atoms with E-state index in [4.69, 9.17) is 4.74 Å². The molecule has 0 fully saturated rings. The van der Waals surface area contributed by atoms with Gasteiger partial charge in [-0.3, -0.25) is 0 Å². The summed E-state index contributed by atoms with van der Waals surface area (Å²) in [6.07, 6.45) is 0. The fourth-order valence-electron chi connectivity index (χ4n) is 2.23. The van der Waals surface area contributed by atoms with Crippen LogP contribution in [-0.2, 0) is 0 Å². The summed E-state index contributed by atoms with van der Waals surface area (Å²) in [5.74, 6) is 0.999. The first kappa shape index (κ1) is 13.0. The Morgan fingerprint density at radius 3 is 2.22 bits per heavy atom. The van der Waals surface area contributed by atoms with Crippen molar-refractivity contribution in [2.24, 2.45) is 0 Å². The van der Waals surface area contributed by atoms with Gasteiger partial charge in [0.25, 0.3) is 0 Å². The topological polar surface area (TPSA) is 9.23 Å². The average Bonchev–Trinajstić information content (AvgIpc) is 2.36. The average molecular weight is 258 g/mol. The van der Waals surface area contributed by atoms with Crippen molar-refractivity contribution >= 4 is 11.8 Å². The molecule has 0 aliphatic carbocycles. The molecular formula is C16H18OS. The molecule has 0 aliphatic rings. The molecule has 2 aromatic carbocycles. The van der Waals surface area contributed by atoms with Gasteiger partial charge in [0.05, 0.1) is 7.11 Å². The third kappa shape index (κ3) is 2.54. The molecule has 2 heteroatoms. The Kier molecular flexibility index (Phi) is 3.97. The molecule has 2 rings (SSSR count). The highest BCUT2D eigenvalue weighted by Crippen LogP contribution is 2.38. The summed E-state index contributed by atoms with van der Waals surface area (Å²) >= 11 is 1.80. The lowest BCUT2D eigenvalue weighted by atomic mass is 10.1. The molecule has 0 aliphatic heterocycles. The van der Waals surface area contributed by atoms with Gasteiger partial charge in [0.2, 0.25) is 0 Å². The van der Waals surface area contributed by atoms with Crippen LogP contribution in [0.1, 0.15) is 16.7 Å². The van der Waals surface area contributed by atoms with Crippen molar-refractivity contribution in [2.75, 3.05) is 7.11 Å². The van der Waals surface area contributed by atoms with E-state index >= 15 is 0 Å². The Morgan fingerprint density at radius 1 is 0.944 bits per heavy atom. The monoisotopic (exact) mass is 258 g/mol. The van der Waals surface area contributed by atoms with Gasteiger partial charge in [-0.15, -0.1) is 0 Å². The Bertz CT molecular complexity index is 547. The molecule has 0 radical (unpaired) electrons. The van der Waals surface area contributed by atoms with Gasteiger partial charge < -0.3 is 4.74 Å². The molecule has 0 saturated heterocycles. The fourth-order valence-corrected chi connectivity index (χ4v) is 3.22. The summed E-state index contributed by atoms with van der Waals surface area (Å²) in [4.78, 5) is 2.55. The van der Waals surface area contributed by atoms with E-state index in [9.17, 15) is 0 Å². The maximum atomic E-state index is 5.50. The molecule has 0 amide bonds.